The Kier molecular flexibility index (Phi) is 6.54. The second kappa shape index (κ2) is 8.41. The highest BCUT2D eigenvalue weighted by Gasteiger charge is 2.13. The summed E-state index contributed by atoms with van der Waals surface area (Å²) in [5, 5.41) is 12.4. The maximum Gasteiger partial charge on any atom is 0.310 e. The molecule has 0 aliphatic carbocycles. The number of thioether (sulfide) groups is 1. The molecule has 1 aliphatic heterocycles. The third-order valence-corrected chi connectivity index (χ3v) is 4.83. The summed E-state index contributed by atoms with van der Waals surface area (Å²) in [4.78, 5) is 13.4. The normalized spacial score (nSPS) is 17.6. The minimum absolute atomic E-state index is 0.441. The SMILES string of the molecule is CC(C(=O)O)c1ccc(CNCCN2CCSCC2)cc1. The molecule has 1 aliphatic rings. The van der Waals surface area contributed by atoms with E-state index in [1.165, 1.54) is 30.2 Å². The molecular weight excluding hydrogens is 284 g/mol. The molecule has 2 N–H and O–H groups in total. The van der Waals surface area contributed by atoms with Gasteiger partial charge in [0.2, 0.25) is 0 Å². The molecule has 5 heteroatoms. The summed E-state index contributed by atoms with van der Waals surface area (Å²) in [5.74, 6) is 1.29. The number of aliphatic carboxylic acids is 1. The van der Waals surface area contributed by atoms with Gasteiger partial charge in [0, 0.05) is 44.2 Å². The summed E-state index contributed by atoms with van der Waals surface area (Å²) in [6.45, 7) is 7.06. The van der Waals surface area contributed by atoms with Crippen LogP contribution < -0.4 is 5.32 Å². The first-order valence-corrected chi connectivity index (χ1v) is 8.65. The number of carbonyl (C=O) groups is 1. The van der Waals surface area contributed by atoms with Gasteiger partial charge in [-0.1, -0.05) is 24.3 Å². The lowest BCUT2D eigenvalue weighted by Crippen LogP contribution is -2.37. The van der Waals surface area contributed by atoms with Crippen LogP contribution in [-0.4, -0.2) is 53.7 Å². The van der Waals surface area contributed by atoms with Gasteiger partial charge in [-0.05, 0) is 18.1 Å². The molecule has 4 nitrogen and oxygen atoms in total. The fourth-order valence-corrected chi connectivity index (χ4v) is 3.34. The van der Waals surface area contributed by atoms with Gasteiger partial charge in [-0.15, -0.1) is 0 Å². The summed E-state index contributed by atoms with van der Waals surface area (Å²) in [5.41, 5.74) is 2.06. The van der Waals surface area contributed by atoms with Crippen LogP contribution in [0.4, 0.5) is 0 Å². The third kappa shape index (κ3) is 5.34. The van der Waals surface area contributed by atoms with Crippen molar-refractivity contribution in [2.24, 2.45) is 0 Å². The van der Waals surface area contributed by atoms with Crippen molar-refractivity contribution in [2.45, 2.75) is 19.4 Å². The molecule has 1 heterocycles. The molecule has 1 unspecified atom stereocenters. The lowest BCUT2D eigenvalue weighted by Gasteiger charge is -2.26. The monoisotopic (exact) mass is 308 g/mol. The van der Waals surface area contributed by atoms with Gasteiger partial charge in [-0.3, -0.25) is 4.79 Å². The summed E-state index contributed by atoms with van der Waals surface area (Å²) < 4.78 is 0. The molecule has 1 atom stereocenters. The van der Waals surface area contributed by atoms with Crippen molar-refractivity contribution < 1.29 is 9.90 Å². The predicted molar refractivity (Wildman–Crippen MR) is 88.0 cm³/mol. The van der Waals surface area contributed by atoms with Crippen LogP contribution in [0.15, 0.2) is 24.3 Å². The maximum absolute atomic E-state index is 10.9. The maximum atomic E-state index is 10.9. The van der Waals surface area contributed by atoms with Crippen LogP contribution in [0.1, 0.15) is 24.0 Å². The van der Waals surface area contributed by atoms with Crippen molar-refractivity contribution in [2.75, 3.05) is 37.7 Å². The number of hydrogen-bond donors (Lipinski definition) is 2. The Labute approximate surface area is 130 Å². The smallest absolute Gasteiger partial charge is 0.310 e. The lowest BCUT2D eigenvalue weighted by molar-refractivity contribution is -0.138. The van der Waals surface area contributed by atoms with Gasteiger partial charge < -0.3 is 15.3 Å². The minimum Gasteiger partial charge on any atom is -0.481 e. The number of hydrogen-bond acceptors (Lipinski definition) is 4. The molecule has 0 aromatic heterocycles. The molecule has 2 rings (SSSR count). The lowest BCUT2D eigenvalue weighted by atomic mass is 10.0. The van der Waals surface area contributed by atoms with Gasteiger partial charge in [0.25, 0.3) is 0 Å². The third-order valence-electron chi connectivity index (χ3n) is 3.89. The molecule has 0 spiro atoms. The van der Waals surface area contributed by atoms with Crippen LogP contribution in [0.2, 0.25) is 0 Å². The Balaban J connectivity index is 1.69. The molecule has 1 aromatic rings. The van der Waals surface area contributed by atoms with Crippen molar-refractivity contribution in [1.82, 2.24) is 10.2 Å². The van der Waals surface area contributed by atoms with Crippen molar-refractivity contribution in [3.05, 3.63) is 35.4 Å². The topological polar surface area (TPSA) is 52.6 Å². The number of nitrogens with zero attached hydrogens (tertiary/aromatic N) is 1. The molecule has 1 fully saturated rings. The number of nitrogens with one attached hydrogen (secondary N) is 1. The van der Waals surface area contributed by atoms with Gasteiger partial charge >= 0.3 is 5.97 Å². The molecule has 0 amide bonds. The number of carboxylic acid groups (broad SMARTS) is 1. The van der Waals surface area contributed by atoms with E-state index >= 15 is 0 Å². The van der Waals surface area contributed by atoms with Crippen molar-refractivity contribution in [3.63, 3.8) is 0 Å². The summed E-state index contributed by atoms with van der Waals surface area (Å²) >= 11 is 2.04. The Morgan fingerprint density at radius 3 is 2.62 bits per heavy atom. The van der Waals surface area contributed by atoms with Gasteiger partial charge in [-0.25, -0.2) is 0 Å². The van der Waals surface area contributed by atoms with Crippen molar-refractivity contribution in [3.8, 4) is 0 Å². The first-order chi connectivity index (χ1) is 10.2. The highest BCUT2D eigenvalue weighted by molar-refractivity contribution is 7.99. The molecule has 0 bridgehead atoms. The average molecular weight is 308 g/mol. The molecule has 0 radical (unpaired) electrons. The van der Waals surface area contributed by atoms with Gasteiger partial charge in [0.1, 0.15) is 0 Å². The van der Waals surface area contributed by atoms with Crippen molar-refractivity contribution >= 4 is 17.7 Å². The first-order valence-electron chi connectivity index (χ1n) is 7.49. The standard InChI is InChI=1S/C16H24N2O2S/c1-13(16(19)20)15-4-2-14(3-5-15)12-17-6-7-18-8-10-21-11-9-18/h2-5,13,17H,6-12H2,1H3,(H,19,20). The van der Waals surface area contributed by atoms with Crippen LogP contribution in [0.3, 0.4) is 0 Å². The molecule has 0 saturated carbocycles. The number of benzene rings is 1. The fourth-order valence-electron chi connectivity index (χ4n) is 2.36. The number of carboxylic acids is 1. The zero-order chi connectivity index (χ0) is 15.1. The van der Waals surface area contributed by atoms with E-state index < -0.39 is 11.9 Å². The first kappa shape index (κ1) is 16.3. The van der Waals surface area contributed by atoms with Crippen LogP contribution in [0.5, 0.6) is 0 Å². The van der Waals surface area contributed by atoms with E-state index in [-0.39, 0.29) is 0 Å². The average Bonchev–Trinajstić information content (AvgIpc) is 2.52. The molecule has 21 heavy (non-hydrogen) atoms. The van der Waals surface area contributed by atoms with Crippen LogP contribution in [-0.2, 0) is 11.3 Å². The van der Waals surface area contributed by atoms with E-state index in [2.05, 4.69) is 10.2 Å². The fraction of sp³-hybridized carbons (Fsp3) is 0.562. The van der Waals surface area contributed by atoms with E-state index in [0.29, 0.717) is 0 Å². The highest BCUT2D eigenvalue weighted by atomic mass is 32.2. The van der Waals surface area contributed by atoms with Crippen LogP contribution >= 0.6 is 11.8 Å². The second-order valence-corrected chi connectivity index (χ2v) is 6.66. The Bertz CT molecular complexity index is 444. The zero-order valence-corrected chi connectivity index (χ0v) is 13.4. The predicted octanol–water partition coefficient (Wildman–Crippen LogP) is 2.01. The van der Waals surface area contributed by atoms with E-state index in [9.17, 15) is 4.79 Å². The van der Waals surface area contributed by atoms with Gasteiger partial charge in [0.15, 0.2) is 0 Å². The largest absolute Gasteiger partial charge is 0.481 e. The van der Waals surface area contributed by atoms with E-state index in [1.807, 2.05) is 36.0 Å². The molecular formula is C16H24N2O2S. The Morgan fingerprint density at radius 1 is 1.33 bits per heavy atom. The second-order valence-electron chi connectivity index (χ2n) is 5.43. The molecule has 1 saturated heterocycles. The van der Waals surface area contributed by atoms with Crippen molar-refractivity contribution in [1.29, 1.82) is 0 Å². The number of rotatable bonds is 7. The minimum atomic E-state index is -0.777. The molecule has 1 aromatic carbocycles. The van der Waals surface area contributed by atoms with Gasteiger partial charge in [-0.2, -0.15) is 11.8 Å². The van der Waals surface area contributed by atoms with E-state index in [4.69, 9.17) is 5.11 Å². The van der Waals surface area contributed by atoms with E-state index in [1.54, 1.807) is 6.92 Å². The van der Waals surface area contributed by atoms with E-state index in [0.717, 1.165) is 25.2 Å². The Hall–Kier alpha value is -1.04. The molecule has 116 valence electrons. The van der Waals surface area contributed by atoms with Crippen LogP contribution in [0.25, 0.3) is 0 Å². The zero-order valence-electron chi connectivity index (χ0n) is 12.5. The summed E-state index contributed by atoms with van der Waals surface area (Å²) in [6, 6.07) is 7.86. The van der Waals surface area contributed by atoms with Crippen LogP contribution in [0, 0.1) is 0 Å². The Morgan fingerprint density at radius 2 is 2.00 bits per heavy atom. The highest BCUT2D eigenvalue weighted by Crippen LogP contribution is 2.16. The van der Waals surface area contributed by atoms with Gasteiger partial charge in [0.05, 0.1) is 5.92 Å². The summed E-state index contributed by atoms with van der Waals surface area (Å²) in [6.07, 6.45) is 0. The quantitative estimate of drug-likeness (QED) is 0.755. The summed E-state index contributed by atoms with van der Waals surface area (Å²) in [7, 11) is 0.